The normalized spacial score (nSPS) is 20.1. The third kappa shape index (κ3) is 3.29. The number of aryl methyl sites for hydroxylation is 2. The molecular formula is C20H25N5O2. The largest absolute Gasteiger partial charge is 0.338 e. The molecule has 0 saturated carbocycles. The molecule has 2 aliphatic heterocycles. The number of benzene rings is 1. The average Bonchev–Trinajstić information content (AvgIpc) is 3.30. The number of amides is 3. The number of aromatic nitrogens is 2. The number of nitrogens with zero attached hydrogens (tertiary/aromatic N) is 4. The highest BCUT2D eigenvalue weighted by Crippen LogP contribution is 2.28. The van der Waals surface area contributed by atoms with Crippen molar-refractivity contribution in [1.82, 2.24) is 19.8 Å². The molecule has 1 N–H and O–H groups in total. The molecule has 0 spiro atoms. The minimum absolute atomic E-state index is 0.0229. The van der Waals surface area contributed by atoms with E-state index in [1.165, 1.54) is 0 Å². The highest BCUT2D eigenvalue weighted by molar-refractivity contribution is 5.99. The van der Waals surface area contributed by atoms with E-state index < -0.39 is 0 Å². The first kappa shape index (κ1) is 17.6. The number of carbonyl (C=O) groups excluding carboxylic acids is 2. The van der Waals surface area contributed by atoms with Gasteiger partial charge < -0.3 is 14.8 Å². The lowest BCUT2D eigenvalue weighted by Crippen LogP contribution is -2.39. The SMILES string of the molecule is Cc1ccc(C(=O)N2CCC[C@H](c3nccn3C)C2)cc1N1CCNC1=O. The van der Waals surface area contributed by atoms with Crippen LogP contribution in [0.15, 0.2) is 30.6 Å². The van der Waals surface area contributed by atoms with E-state index in [9.17, 15) is 9.59 Å². The number of piperidine rings is 1. The highest BCUT2D eigenvalue weighted by Gasteiger charge is 2.29. The van der Waals surface area contributed by atoms with Crippen molar-refractivity contribution in [1.29, 1.82) is 0 Å². The number of nitrogens with one attached hydrogen (secondary N) is 1. The summed E-state index contributed by atoms with van der Waals surface area (Å²) in [6.45, 7) is 4.66. The van der Waals surface area contributed by atoms with Gasteiger partial charge in [-0.1, -0.05) is 6.07 Å². The maximum absolute atomic E-state index is 13.1. The number of carbonyl (C=O) groups is 2. The first-order chi connectivity index (χ1) is 13.0. The van der Waals surface area contributed by atoms with Crippen LogP contribution in [0.4, 0.5) is 10.5 Å². The van der Waals surface area contributed by atoms with Crippen LogP contribution in [0.2, 0.25) is 0 Å². The van der Waals surface area contributed by atoms with E-state index in [0.29, 0.717) is 25.2 Å². The molecule has 0 unspecified atom stereocenters. The summed E-state index contributed by atoms with van der Waals surface area (Å²) in [6.07, 6.45) is 5.77. The number of imidazole rings is 1. The Balaban J connectivity index is 1.55. The number of hydrogen-bond acceptors (Lipinski definition) is 3. The topological polar surface area (TPSA) is 70.5 Å². The zero-order chi connectivity index (χ0) is 19.0. The Labute approximate surface area is 159 Å². The molecule has 2 saturated heterocycles. The summed E-state index contributed by atoms with van der Waals surface area (Å²) in [6, 6.07) is 5.54. The maximum Gasteiger partial charge on any atom is 0.322 e. The van der Waals surface area contributed by atoms with Crippen LogP contribution in [0.25, 0.3) is 0 Å². The third-order valence-electron chi connectivity index (χ3n) is 5.54. The quantitative estimate of drug-likeness (QED) is 0.905. The summed E-state index contributed by atoms with van der Waals surface area (Å²) in [4.78, 5) is 33.3. The molecule has 7 nitrogen and oxygen atoms in total. The lowest BCUT2D eigenvalue weighted by molar-refractivity contribution is 0.0703. The zero-order valence-electron chi connectivity index (χ0n) is 15.8. The predicted octanol–water partition coefficient (Wildman–Crippen LogP) is 2.28. The second-order valence-corrected chi connectivity index (χ2v) is 7.37. The summed E-state index contributed by atoms with van der Waals surface area (Å²) < 4.78 is 2.04. The van der Waals surface area contributed by atoms with E-state index in [4.69, 9.17) is 0 Å². The Bertz CT molecular complexity index is 875. The van der Waals surface area contributed by atoms with Gasteiger partial charge in [0.15, 0.2) is 0 Å². The van der Waals surface area contributed by atoms with Gasteiger partial charge in [-0.05, 0) is 37.5 Å². The summed E-state index contributed by atoms with van der Waals surface area (Å²) in [5, 5.41) is 2.82. The molecule has 2 aliphatic rings. The van der Waals surface area contributed by atoms with Crippen LogP contribution in [0.3, 0.4) is 0 Å². The first-order valence-corrected chi connectivity index (χ1v) is 9.47. The van der Waals surface area contributed by atoms with Gasteiger partial charge in [0.25, 0.3) is 5.91 Å². The van der Waals surface area contributed by atoms with E-state index in [-0.39, 0.29) is 17.9 Å². The van der Waals surface area contributed by atoms with Gasteiger partial charge in [-0.15, -0.1) is 0 Å². The summed E-state index contributed by atoms with van der Waals surface area (Å²) in [7, 11) is 2.00. The summed E-state index contributed by atoms with van der Waals surface area (Å²) in [5.74, 6) is 1.32. The van der Waals surface area contributed by atoms with E-state index in [1.807, 2.05) is 54.0 Å². The van der Waals surface area contributed by atoms with Crippen molar-refractivity contribution in [3.63, 3.8) is 0 Å². The van der Waals surface area contributed by atoms with Crippen LogP contribution in [-0.2, 0) is 7.05 Å². The van der Waals surface area contributed by atoms with Gasteiger partial charge in [-0.25, -0.2) is 9.78 Å². The number of anilines is 1. The Kier molecular flexibility index (Phi) is 4.59. The van der Waals surface area contributed by atoms with Crippen molar-refractivity contribution in [3.05, 3.63) is 47.5 Å². The molecule has 3 heterocycles. The van der Waals surface area contributed by atoms with Gasteiger partial charge in [0.1, 0.15) is 5.82 Å². The van der Waals surface area contributed by atoms with Crippen LogP contribution in [0, 0.1) is 6.92 Å². The van der Waals surface area contributed by atoms with Crippen LogP contribution in [0.1, 0.15) is 40.5 Å². The van der Waals surface area contributed by atoms with Crippen molar-refractivity contribution in [2.45, 2.75) is 25.7 Å². The van der Waals surface area contributed by atoms with Gasteiger partial charge >= 0.3 is 6.03 Å². The Morgan fingerprint density at radius 1 is 1.30 bits per heavy atom. The lowest BCUT2D eigenvalue weighted by Gasteiger charge is -2.32. The number of rotatable bonds is 3. The zero-order valence-corrected chi connectivity index (χ0v) is 15.8. The van der Waals surface area contributed by atoms with E-state index in [0.717, 1.165) is 36.5 Å². The Morgan fingerprint density at radius 2 is 2.15 bits per heavy atom. The van der Waals surface area contributed by atoms with Crippen LogP contribution in [-0.4, -0.2) is 52.6 Å². The molecule has 1 aromatic heterocycles. The minimum Gasteiger partial charge on any atom is -0.338 e. The molecule has 1 aromatic carbocycles. The molecule has 0 aliphatic carbocycles. The highest BCUT2D eigenvalue weighted by atomic mass is 16.2. The predicted molar refractivity (Wildman–Crippen MR) is 103 cm³/mol. The molecule has 2 aromatic rings. The molecule has 1 atom stereocenters. The van der Waals surface area contributed by atoms with Gasteiger partial charge in [0.05, 0.1) is 0 Å². The van der Waals surface area contributed by atoms with Crippen molar-refractivity contribution < 1.29 is 9.59 Å². The van der Waals surface area contributed by atoms with Gasteiger partial charge in [-0.2, -0.15) is 0 Å². The van der Waals surface area contributed by atoms with Crippen molar-refractivity contribution in [2.24, 2.45) is 7.05 Å². The summed E-state index contributed by atoms with van der Waals surface area (Å²) >= 11 is 0. The fourth-order valence-electron chi connectivity index (χ4n) is 4.06. The Morgan fingerprint density at radius 3 is 2.85 bits per heavy atom. The van der Waals surface area contributed by atoms with Crippen LogP contribution in [0.5, 0.6) is 0 Å². The molecule has 7 heteroatoms. The van der Waals surface area contributed by atoms with E-state index in [2.05, 4.69) is 10.3 Å². The van der Waals surface area contributed by atoms with Crippen molar-refractivity contribution >= 4 is 17.6 Å². The van der Waals surface area contributed by atoms with Gasteiger partial charge in [0.2, 0.25) is 0 Å². The average molecular weight is 367 g/mol. The fourth-order valence-corrected chi connectivity index (χ4v) is 4.06. The monoisotopic (exact) mass is 367 g/mol. The second-order valence-electron chi connectivity index (χ2n) is 7.37. The third-order valence-corrected chi connectivity index (χ3v) is 5.54. The molecular weight excluding hydrogens is 342 g/mol. The molecule has 27 heavy (non-hydrogen) atoms. The number of likely N-dealkylation sites (tertiary alicyclic amines) is 1. The molecule has 4 rings (SSSR count). The molecule has 142 valence electrons. The standard InChI is InChI=1S/C20H25N5O2/c1-14-5-6-15(12-17(14)25-11-8-22-20(25)27)19(26)24-9-3-4-16(13-24)18-21-7-10-23(18)2/h5-7,10,12,16H,3-4,8-9,11,13H2,1-2H3,(H,22,27)/t16-/m0/s1. The summed E-state index contributed by atoms with van der Waals surface area (Å²) in [5.41, 5.74) is 2.44. The number of urea groups is 1. The molecule has 0 bridgehead atoms. The smallest absolute Gasteiger partial charge is 0.322 e. The van der Waals surface area contributed by atoms with Gasteiger partial charge in [0, 0.05) is 62.8 Å². The van der Waals surface area contributed by atoms with Crippen LogP contribution >= 0.6 is 0 Å². The minimum atomic E-state index is -0.101. The second kappa shape index (κ2) is 7.06. The van der Waals surface area contributed by atoms with Crippen LogP contribution < -0.4 is 10.2 Å². The number of hydrogen-bond donors (Lipinski definition) is 1. The molecule has 0 radical (unpaired) electrons. The maximum atomic E-state index is 13.1. The first-order valence-electron chi connectivity index (χ1n) is 9.47. The van der Waals surface area contributed by atoms with Crippen molar-refractivity contribution in [3.8, 4) is 0 Å². The van der Waals surface area contributed by atoms with Crippen molar-refractivity contribution in [2.75, 3.05) is 31.1 Å². The van der Waals surface area contributed by atoms with E-state index >= 15 is 0 Å². The molecule has 2 fully saturated rings. The van der Waals surface area contributed by atoms with Gasteiger partial charge in [-0.3, -0.25) is 9.69 Å². The Hall–Kier alpha value is -2.83. The fraction of sp³-hybridized carbons (Fsp3) is 0.450. The van der Waals surface area contributed by atoms with E-state index in [1.54, 1.807) is 4.90 Å². The lowest BCUT2D eigenvalue weighted by atomic mass is 9.96. The molecule has 3 amide bonds.